The highest BCUT2D eigenvalue weighted by molar-refractivity contribution is 6.91. The monoisotopic (exact) mass is 636 g/mol. The maximum absolute atomic E-state index is 14.9. The number of para-hydroxylation sites is 1. The van der Waals surface area contributed by atoms with E-state index in [1.807, 2.05) is 60.7 Å². The number of ether oxygens (including phenoxy) is 3. The Morgan fingerprint density at radius 1 is 0.935 bits per heavy atom. The molecule has 0 radical (unpaired) electrons. The molecule has 2 heterocycles. The van der Waals surface area contributed by atoms with Crippen molar-refractivity contribution < 1.29 is 28.9 Å². The van der Waals surface area contributed by atoms with Gasteiger partial charge in [0.25, 0.3) is 11.8 Å². The average Bonchev–Trinajstić information content (AvgIpc) is 3.51. The van der Waals surface area contributed by atoms with Crippen LogP contribution in [0.4, 0.5) is 17.1 Å². The van der Waals surface area contributed by atoms with Gasteiger partial charge in [-0.2, -0.15) is 0 Å². The third-order valence-electron chi connectivity index (χ3n) is 9.78. The van der Waals surface area contributed by atoms with Crippen LogP contribution >= 0.6 is 0 Å². The summed E-state index contributed by atoms with van der Waals surface area (Å²) in [6, 6.07) is 30.3. The lowest BCUT2D eigenvalue weighted by atomic mass is 9.82. The van der Waals surface area contributed by atoms with E-state index >= 15 is 0 Å². The lowest BCUT2D eigenvalue weighted by molar-refractivity contribution is -0.145. The van der Waals surface area contributed by atoms with Crippen molar-refractivity contribution in [2.24, 2.45) is 5.92 Å². The summed E-state index contributed by atoms with van der Waals surface area (Å²) in [5.74, 6) is 0.779. The molecule has 1 saturated heterocycles. The summed E-state index contributed by atoms with van der Waals surface area (Å²) in [5.41, 5.74) is 1.91. The van der Waals surface area contributed by atoms with Gasteiger partial charge in [0.1, 0.15) is 11.5 Å². The summed E-state index contributed by atoms with van der Waals surface area (Å²) >= 11 is 0. The number of nitrogens with zero attached hydrogens (tertiary/aromatic N) is 1. The largest absolute Gasteiger partial charge is 0.497 e. The molecule has 1 spiro atoms. The summed E-state index contributed by atoms with van der Waals surface area (Å²) in [7, 11) is 0.909. The first-order valence-corrected chi connectivity index (χ1v) is 18.7. The molecular weight excluding hydrogens is 597 g/mol. The summed E-state index contributed by atoms with van der Waals surface area (Å²) < 4.78 is 17.7. The summed E-state index contributed by atoms with van der Waals surface area (Å²) in [4.78, 5) is 29.9. The van der Waals surface area contributed by atoms with E-state index in [0.29, 0.717) is 29.0 Å². The molecule has 9 heteroatoms. The number of fused-ring (bicyclic) bond motifs is 2. The minimum atomic E-state index is -2.33. The molecular formula is C37H40N2O6Si. The maximum Gasteiger partial charge on any atom is 0.268 e. The van der Waals surface area contributed by atoms with E-state index in [1.165, 1.54) is 5.19 Å². The molecule has 4 atom stereocenters. The van der Waals surface area contributed by atoms with Crippen LogP contribution in [0.2, 0.25) is 18.6 Å². The van der Waals surface area contributed by atoms with Gasteiger partial charge in [-0.3, -0.25) is 14.5 Å². The number of benzene rings is 4. The number of carbonyl (C=O) groups is 2. The van der Waals surface area contributed by atoms with Gasteiger partial charge in [-0.25, -0.2) is 0 Å². The number of hydrogen-bond acceptors (Lipinski definition) is 6. The number of anilines is 3. The molecule has 2 N–H and O–H groups in total. The number of methoxy groups -OCH3 is 2. The first-order chi connectivity index (χ1) is 22.1. The van der Waals surface area contributed by atoms with Crippen LogP contribution in [0.1, 0.15) is 29.3 Å². The number of hydrogen-bond donors (Lipinski definition) is 2. The summed E-state index contributed by atoms with van der Waals surface area (Å²) in [5, 5.41) is 14.5. The number of aliphatic hydroxyl groups excluding tert-OH is 1. The van der Waals surface area contributed by atoms with E-state index in [9.17, 15) is 14.7 Å². The molecule has 8 nitrogen and oxygen atoms in total. The molecule has 4 aromatic rings. The van der Waals surface area contributed by atoms with E-state index in [1.54, 1.807) is 43.4 Å². The van der Waals surface area contributed by atoms with E-state index in [2.05, 4.69) is 37.5 Å². The Hall–Kier alpha value is -4.44. The van der Waals surface area contributed by atoms with Gasteiger partial charge < -0.3 is 24.6 Å². The molecule has 2 aliphatic rings. The zero-order chi connectivity index (χ0) is 32.6. The van der Waals surface area contributed by atoms with E-state index in [0.717, 1.165) is 17.1 Å². The first kappa shape index (κ1) is 31.5. The molecule has 4 aromatic carbocycles. The van der Waals surface area contributed by atoms with Gasteiger partial charge in [0.15, 0.2) is 5.60 Å². The molecule has 46 heavy (non-hydrogen) atoms. The van der Waals surface area contributed by atoms with Crippen LogP contribution in [0, 0.1) is 5.92 Å². The Morgan fingerprint density at radius 2 is 1.57 bits per heavy atom. The highest BCUT2D eigenvalue weighted by atomic mass is 28.3. The number of aliphatic hydroxyl groups is 1. The average molecular weight is 637 g/mol. The fourth-order valence-electron chi connectivity index (χ4n) is 7.49. The fourth-order valence-corrected chi connectivity index (χ4v) is 11.6. The predicted octanol–water partition coefficient (Wildman–Crippen LogP) is 6.23. The molecule has 0 saturated carbocycles. The maximum atomic E-state index is 14.9. The lowest BCUT2D eigenvalue weighted by Gasteiger charge is -2.37. The highest BCUT2D eigenvalue weighted by Gasteiger charge is 2.66. The Bertz CT molecular complexity index is 1730. The van der Waals surface area contributed by atoms with Gasteiger partial charge in [0.05, 0.1) is 34.1 Å². The SMILES string of the molecule is COc1ccc(C(=O)Nc2ccc3c(c2)[C@]2(O[C@@H](CCO)[C@H]([Si](C)(C)c4ccc(OC)cc4)[C@H]2C)C(=O)N3c2ccccc2)cc1. The van der Waals surface area contributed by atoms with Crippen LogP contribution in [-0.4, -0.2) is 51.9 Å². The molecule has 0 aliphatic carbocycles. The van der Waals surface area contributed by atoms with Gasteiger partial charge in [-0.05, 0) is 78.7 Å². The predicted molar refractivity (Wildman–Crippen MR) is 182 cm³/mol. The van der Waals surface area contributed by atoms with Gasteiger partial charge in [0.2, 0.25) is 0 Å². The Balaban J connectivity index is 1.45. The van der Waals surface area contributed by atoms with Gasteiger partial charge in [-0.15, -0.1) is 0 Å². The zero-order valence-electron chi connectivity index (χ0n) is 26.8. The number of rotatable bonds is 9. The topological polar surface area (TPSA) is 97.3 Å². The molecule has 0 bridgehead atoms. The standard InChI is InChI=1S/C37H40N2O6Si/c1-24-34(46(4,5)30-18-16-29(44-3)17-19-30)33(21-22-40)45-37(24)31-23-26(38-35(41)25-11-14-28(43-2)15-12-25)13-20-32(31)39(36(37)42)27-9-7-6-8-10-27/h6-20,23-24,33-34,40H,21-22H2,1-5H3,(H,38,41)/t24-,33+,34-,37+/m1/s1. The number of carbonyl (C=O) groups excluding carboxylic acids is 2. The molecule has 0 aromatic heterocycles. The molecule has 6 rings (SSSR count). The van der Waals surface area contributed by atoms with Gasteiger partial charge >= 0.3 is 0 Å². The fraction of sp³-hybridized carbons (Fsp3) is 0.297. The smallest absolute Gasteiger partial charge is 0.268 e. The van der Waals surface area contributed by atoms with Gasteiger partial charge in [0, 0.05) is 35.0 Å². The van der Waals surface area contributed by atoms with Crippen molar-refractivity contribution in [3.8, 4) is 11.5 Å². The quantitative estimate of drug-likeness (QED) is 0.212. The molecule has 238 valence electrons. The van der Waals surface area contributed by atoms with E-state index < -0.39 is 13.7 Å². The van der Waals surface area contributed by atoms with Crippen LogP contribution in [0.5, 0.6) is 11.5 Å². The molecule has 1 fully saturated rings. The number of nitrogens with one attached hydrogen (secondary N) is 1. The van der Waals surface area contributed by atoms with Crippen molar-refractivity contribution in [2.45, 2.75) is 43.7 Å². The molecule has 0 unspecified atom stereocenters. The Kier molecular flexibility index (Phi) is 8.50. The zero-order valence-corrected chi connectivity index (χ0v) is 27.8. The van der Waals surface area contributed by atoms with Crippen molar-refractivity contribution in [3.05, 3.63) is 108 Å². The van der Waals surface area contributed by atoms with Gasteiger partial charge in [-0.1, -0.05) is 55.5 Å². The van der Waals surface area contributed by atoms with Crippen molar-refractivity contribution in [3.63, 3.8) is 0 Å². The normalized spacial score (nSPS) is 22.2. The third kappa shape index (κ3) is 5.18. The second-order valence-electron chi connectivity index (χ2n) is 12.6. The minimum absolute atomic E-state index is 0.00175. The van der Waals surface area contributed by atoms with E-state index in [-0.39, 0.29) is 36.0 Å². The Labute approximate surface area is 270 Å². The minimum Gasteiger partial charge on any atom is -0.497 e. The lowest BCUT2D eigenvalue weighted by Crippen LogP contribution is -2.51. The van der Waals surface area contributed by atoms with Crippen LogP contribution < -0.4 is 24.9 Å². The summed E-state index contributed by atoms with van der Waals surface area (Å²) in [6.45, 7) is 6.67. The van der Waals surface area contributed by atoms with Crippen LogP contribution in [0.3, 0.4) is 0 Å². The molecule has 2 amide bonds. The second-order valence-corrected chi connectivity index (χ2v) is 17.2. The second kappa shape index (κ2) is 12.4. The summed E-state index contributed by atoms with van der Waals surface area (Å²) in [6.07, 6.45) is 0.0550. The van der Waals surface area contributed by atoms with Crippen LogP contribution in [-0.2, 0) is 15.1 Å². The Morgan fingerprint density at radius 3 is 2.17 bits per heavy atom. The first-order valence-electron chi connectivity index (χ1n) is 15.6. The third-order valence-corrected chi connectivity index (χ3v) is 14.1. The van der Waals surface area contributed by atoms with Crippen LogP contribution in [0.15, 0.2) is 97.1 Å². The highest BCUT2D eigenvalue weighted by Crippen LogP contribution is 2.61. The van der Waals surface area contributed by atoms with Crippen molar-refractivity contribution in [1.82, 2.24) is 0 Å². The van der Waals surface area contributed by atoms with Crippen LogP contribution in [0.25, 0.3) is 0 Å². The molecule has 2 aliphatic heterocycles. The van der Waals surface area contributed by atoms with Crippen molar-refractivity contribution in [2.75, 3.05) is 31.0 Å². The van der Waals surface area contributed by atoms with Crippen molar-refractivity contribution in [1.29, 1.82) is 0 Å². The van der Waals surface area contributed by atoms with Crippen molar-refractivity contribution >= 4 is 42.1 Å². The van der Waals surface area contributed by atoms with E-state index in [4.69, 9.17) is 14.2 Å². The number of amides is 2.